The van der Waals surface area contributed by atoms with Crippen molar-refractivity contribution in [2.75, 3.05) is 4.90 Å². The van der Waals surface area contributed by atoms with Crippen LogP contribution in [0, 0.1) is 6.92 Å². The molecular weight excluding hydrogens is 495 g/mol. The lowest BCUT2D eigenvalue weighted by molar-refractivity contribution is -0.142. The summed E-state index contributed by atoms with van der Waals surface area (Å²) in [5.74, 6) is 0.236. The number of fused-ring (bicyclic) bond motifs is 1. The van der Waals surface area contributed by atoms with E-state index in [2.05, 4.69) is 25.4 Å². The first kappa shape index (κ1) is 25.5. The highest BCUT2D eigenvalue weighted by Crippen LogP contribution is 2.38. The van der Waals surface area contributed by atoms with Crippen molar-refractivity contribution in [3.05, 3.63) is 71.2 Å². The van der Waals surface area contributed by atoms with Gasteiger partial charge in [-0.3, -0.25) is 9.69 Å². The van der Waals surface area contributed by atoms with E-state index in [1.807, 2.05) is 69.3 Å². The molecule has 0 unspecified atom stereocenters. The number of nitrogens with zero attached hydrogens (tertiary/aromatic N) is 7. The molecule has 0 bridgehead atoms. The summed E-state index contributed by atoms with van der Waals surface area (Å²) < 4.78 is 40.9. The second kappa shape index (κ2) is 9.30. The molecule has 5 rings (SSSR count). The van der Waals surface area contributed by atoms with Gasteiger partial charge in [-0.25, -0.2) is 9.97 Å². The maximum atomic E-state index is 13.6. The number of carbonyl (C=O) groups excluding carboxylic acids is 1. The molecule has 1 aliphatic rings. The zero-order chi connectivity index (χ0) is 27.2. The van der Waals surface area contributed by atoms with Crippen LogP contribution < -0.4 is 4.90 Å². The van der Waals surface area contributed by atoms with Crippen LogP contribution in [0.25, 0.3) is 22.5 Å². The van der Waals surface area contributed by atoms with Crippen molar-refractivity contribution in [3.63, 3.8) is 0 Å². The van der Waals surface area contributed by atoms with Gasteiger partial charge < -0.3 is 0 Å². The fraction of sp³-hybridized carbons (Fsp3) is 0.333. The Morgan fingerprint density at radius 3 is 2.24 bits per heavy atom. The van der Waals surface area contributed by atoms with E-state index < -0.39 is 11.9 Å². The summed E-state index contributed by atoms with van der Waals surface area (Å²) >= 11 is 0. The number of amides is 1. The average molecular weight is 522 g/mol. The Balaban J connectivity index is 1.45. The minimum Gasteiger partial charge on any atom is -0.292 e. The van der Waals surface area contributed by atoms with Crippen LogP contribution in [0.3, 0.4) is 0 Å². The van der Waals surface area contributed by atoms with E-state index in [1.54, 1.807) is 4.80 Å². The van der Waals surface area contributed by atoms with E-state index in [-0.39, 0.29) is 48.0 Å². The van der Waals surface area contributed by atoms with Gasteiger partial charge >= 0.3 is 6.18 Å². The van der Waals surface area contributed by atoms with Crippen LogP contribution in [0.2, 0.25) is 0 Å². The Kier molecular flexibility index (Phi) is 6.24. The SMILES string of the molecule is Cc1nc2c(c(C(F)(F)F)n1)CCC(=O)N2Cc1ccc(-c2ccccc2-c2nnn(C(C)(C)C)n2)cc1. The molecule has 196 valence electrons. The first-order valence-corrected chi connectivity index (χ1v) is 12.2. The molecule has 1 aliphatic heterocycles. The Labute approximate surface area is 217 Å². The predicted octanol–water partition coefficient (Wildman–Crippen LogP) is 5.36. The third-order valence-corrected chi connectivity index (χ3v) is 6.30. The first-order chi connectivity index (χ1) is 17.9. The molecule has 0 N–H and O–H groups in total. The minimum absolute atomic E-state index is 0.0280. The van der Waals surface area contributed by atoms with Crippen LogP contribution >= 0.6 is 0 Å². The van der Waals surface area contributed by atoms with Gasteiger partial charge in [0.15, 0.2) is 5.69 Å². The molecule has 0 spiro atoms. The first-order valence-electron chi connectivity index (χ1n) is 12.2. The highest BCUT2D eigenvalue weighted by atomic mass is 19.4. The van der Waals surface area contributed by atoms with Crippen molar-refractivity contribution in [1.82, 2.24) is 30.2 Å². The molecule has 0 fully saturated rings. The molecule has 2 aromatic carbocycles. The smallest absolute Gasteiger partial charge is 0.292 e. The van der Waals surface area contributed by atoms with Crippen molar-refractivity contribution in [2.24, 2.45) is 0 Å². The van der Waals surface area contributed by atoms with Gasteiger partial charge in [-0.2, -0.15) is 18.0 Å². The molecule has 1 amide bonds. The Hall–Kier alpha value is -4.15. The van der Waals surface area contributed by atoms with Crippen molar-refractivity contribution in [2.45, 2.75) is 58.8 Å². The van der Waals surface area contributed by atoms with Crippen molar-refractivity contribution >= 4 is 11.7 Å². The summed E-state index contributed by atoms with van der Waals surface area (Å²) in [5, 5.41) is 13.0. The number of anilines is 1. The van der Waals surface area contributed by atoms with Gasteiger partial charge in [0, 0.05) is 17.5 Å². The number of tetrazole rings is 1. The van der Waals surface area contributed by atoms with Gasteiger partial charge in [0.25, 0.3) is 0 Å². The van der Waals surface area contributed by atoms with Crippen LogP contribution in [0.5, 0.6) is 0 Å². The molecule has 0 radical (unpaired) electrons. The van der Waals surface area contributed by atoms with E-state index in [0.717, 1.165) is 22.3 Å². The summed E-state index contributed by atoms with van der Waals surface area (Å²) in [7, 11) is 0. The number of aryl methyl sites for hydroxylation is 1. The summed E-state index contributed by atoms with van der Waals surface area (Å²) in [6.07, 6.45) is -4.69. The average Bonchev–Trinajstić information content (AvgIpc) is 3.36. The lowest BCUT2D eigenvalue weighted by Crippen LogP contribution is -2.37. The number of halogens is 3. The monoisotopic (exact) mass is 521 g/mol. The number of hydrogen-bond donors (Lipinski definition) is 0. The molecule has 0 aliphatic carbocycles. The van der Waals surface area contributed by atoms with Gasteiger partial charge in [0.1, 0.15) is 11.6 Å². The lowest BCUT2D eigenvalue weighted by Gasteiger charge is -2.30. The molecule has 0 atom stereocenters. The van der Waals surface area contributed by atoms with E-state index in [9.17, 15) is 18.0 Å². The molecule has 0 saturated carbocycles. The van der Waals surface area contributed by atoms with Crippen LogP contribution in [0.1, 0.15) is 49.8 Å². The number of aromatic nitrogens is 6. The Morgan fingerprint density at radius 2 is 1.61 bits per heavy atom. The summed E-state index contributed by atoms with van der Waals surface area (Å²) in [5.41, 5.74) is 2.07. The summed E-state index contributed by atoms with van der Waals surface area (Å²) in [4.78, 5) is 23.5. The van der Waals surface area contributed by atoms with E-state index in [4.69, 9.17) is 0 Å². The fourth-order valence-corrected chi connectivity index (χ4v) is 4.43. The molecule has 38 heavy (non-hydrogen) atoms. The van der Waals surface area contributed by atoms with Crippen LogP contribution in [0.15, 0.2) is 48.5 Å². The number of rotatable bonds is 4. The van der Waals surface area contributed by atoms with Gasteiger partial charge in [-0.05, 0) is 56.0 Å². The Bertz CT molecular complexity index is 1500. The topological polar surface area (TPSA) is 89.7 Å². The third-order valence-electron chi connectivity index (χ3n) is 6.30. The van der Waals surface area contributed by atoms with Gasteiger partial charge in [-0.1, -0.05) is 48.5 Å². The molecule has 0 saturated heterocycles. The zero-order valence-electron chi connectivity index (χ0n) is 21.4. The van der Waals surface area contributed by atoms with Crippen molar-refractivity contribution in [1.29, 1.82) is 0 Å². The number of alkyl halides is 3. The van der Waals surface area contributed by atoms with Gasteiger partial charge in [-0.15, -0.1) is 10.2 Å². The predicted molar refractivity (Wildman–Crippen MR) is 135 cm³/mol. The van der Waals surface area contributed by atoms with Crippen molar-refractivity contribution < 1.29 is 18.0 Å². The fourth-order valence-electron chi connectivity index (χ4n) is 4.43. The van der Waals surface area contributed by atoms with Crippen molar-refractivity contribution in [3.8, 4) is 22.5 Å². The lowest BCUT2D eigenvalue weighted by atomic mass is 9.97. The molecule has 8 nitrogen and oxygen atoms in total. The van der Waals surface area contributed by atoms with E-state index in [0.29, 0.717) is 5.82 Å². The molecule has 11 heteroatoms. The van der Waals surface area contributed by atoms with E-state index >= 15 is 0 Å². The standard InChI is InChI=1S/C27H26F3N7O/c1-16-31-23(27(28,29)30)21-13-14-22(38)36(25(21)32-16)15-17-9-11-18(12-10-17)19-7-5-6-8-20(19)24-33-35-37(34-24)26(2,3)4/h5-12H,13-15H2,1-4H3. The van der Waals surface area contributed by atoms with Gasteiger partial charge in [0.05, 0.1) is 12.1 Å². The molecular formula is C27H26F3N7O. The van der Waals surface area contributed by atoms with E-state index in [1.165, 1.54) is 11.8 Å². The number of carbonyl (C=O) groups is 1. The second-order valence-corrected chi connectivity index (χ2v) is 10.2. The summed E-state index contributed by atoms with van der Waals surface area (Å²) in [6, 6.07) is 15.2. The van der Waals surface area contributed by atoms with Crippen LogP contribution in [0.4, 0.5) is 19.0 Å². The zero-order valence-corrected chi connectivity index (χ0v) is 21.4. The second-order valence-electron chi connectivity index (χ2n) is 10.2. The summed E-state index contributed by atoms with van der Waals surface area (Å²) in [6.45, 7) is 7.47. The van der Waals surface area contributed by atoms with Crippen LogP contribution in [-0.4, -0.2) is 36.1 Å². The molecule has 2 aromatic heterocycles. The number of benzene rings is 2. The normalized spacial score (nSPS) is 14.1. The molecule has 4 aromatic rings. The molecule has 3 heterocycles. The highest BCUT2D eigenvalue weighted by molar-refractivity contribution is 5.95. The maximum Gasteiger partial charge on any atom is 0.433 e. The largest absolute Gasteiger partial charge is 0.433 e. The maximum absolute atomic E-state index is 13.6. The minimum atomic E-state index is -4.62. The highest BCUT2D eigenvalue weighted by Gasteiger charge is 2.40. The Morgan fingerprint density at radius 1 is 0.921 bits per heavy atom. The third kappa shape index (κ3) is 4.88. The number of hydrogen-bond acceptors (Lipinski definition) is 6. The van der Waals surface area contributed by atoms with Crippen LogP contribution in [-0.2, 0) is 29.5 Å². The van der Waals surface area contributed by atoms with Gasteiger partial charge in [0.2, 0.25) is 11.7 Å². The quantitative estimate of drug-likeness (QED) is 0.359.